The van der Waals surface area contributed by atoms with E-state index >= 15 is 0 Å². The van der Waals surface area contributed by atoms with Crippen LogP contribution < -0.4 is 15.5 Å². The predicted octanol–water partition coefficient (Wildman–Crippen LogP) is 4.21. The van der Waals surface area contributed by atoms with E-state index in [2.05, 4.69) is 53.6 Å². The van der Waals surface area contributed by atoms with Gasteiger partial charge in [0.05, 0.1) is 6.54 Å². The Morgan fingerprint density at radius 2 is 1.73 bits per heavy atom. The summed E-state index contributed by atoms with van der Waals surface area (Å²) in [5.41, 5.74) is 3.27. The fraction of sp³-hybridized carbons (Fsp3) is 0.409. The first-order valence-electron chi connectivity index (χ1n) is 9.55. The van der Waals surface area contributed by atoms with E-state index in [9.17, 15) is 4.79 Å². The van der Waals surface area contributed by atoms with Gasteiger partial charge in [-0.05, 0) is 55.5 Å². The number of hydrogen-bond acceptors (Lipinski definition) is 3. The van der Waals surface area contributed by atoms with Crippen LogP contribution in [0.1, 0.15) is 38.3 Å². The molecule has 2 N–H and O–H groups in total. The van der Waals surface area contributed by atoms with Gasteiger partial charge in [0.15, 0.2) is 0 Å². The molecule has 1 saturated heterocycles. The first-order chi connectivity index (χ1) is 12.6. The van der Waals surface area contributed by atoms with Crippen LogP contribution in [0.4, 0.5) is 11.4 Å². The van der Waals surface area contributed by atoms with Crippen LogP contribution in [0.25, 0.3) is 0 Å². The zero-order chi connectivity index (χ0) is 18.4. The van der Waals surface area contributed by atoms with Gasteiger partial charge in [0, 0.05) is 30.5 Å². The average molecular weight is 351 g/mol. The van der Waals surface area contributed by atoms with E-state index < -0.39 is 0 Å². The lowest BCUT2D eigenvalue weighted by Gasteiger charge is -2.32. The summed E-state index contributed by atoms with van der Waals surface area (Å²) in [6.07, 6.45) is 2.51. The lowest BCUT2D eigenvalue weighted by Crippen LogP contribution is -2.32. The number of hydrogen-bond donors (Lipinski definition) is 2. The topological polar surface area (TPSA) is 44.4 Å². The van der Waals surface area contributed by atoms with Crippen molar-refractivity contribution in [3.63, 3.8) is 0 Å². The largest absolute Gasteiger partial charge is 0.372 e. The molecule has 26 heavy (non-hydrogen) atoms. The third-order valence-electron chi connectivity index (χ3n) is 5.17. The maximum atomic E-state index is 12.2. The molecule has 0 radical (unpaired) electrons. The minimum absolute atomic E-state index is 0.0210. The maximum Gasteiger partial charge on any atom is 0.238 e. The highest BCUT2D eigenvalue weighted by atomic mass is 16.1. The number of piperidine rings is 1. The third kappa shape index (κ3) is 5.09. The molecular formula is C22H29N3O. The molecule has 1 fully saturated rings. The average Bonchev–Trinajstić information content (AvgIpc) is 2.68. The fourth-order valence-electron chi connectivity index (χ4n) is 3.33. The number of carbonyl (C=O) groups is 1. The summed E-state index contributed by atoms with van der Waals surface area (Å²) in [6, 6.07) is 18.5. The number of amides is 1. The van der Waals surface area contributed by atoms with Crippen molar-refractivity contribution in [2.75, 3.05) is 29.9 Å². The summed E-state index contributed by atoms with van der Waals surface area (Å²) in [7, 11) is 0. The molecule has 1 atom stereocenters. The monoisotopic (exact) mass is 351 g/mol. The van der Waals surface area contributed by atoms with Crippen molar-refractivity contribution in [3.8, 4) is 0 Å². The highest BCUT2D eigenvalue weighted by molar-refractivity contribution is 5.92. The second kappa shape index (κ2) is 8.86. The van der Waals surface area contributed by atoms with Crippen LogP contribution in [0.2, 0.25) is 0 Å². The smallest absolute Gasteiger partial charge is 0.238 e. The van der Waals surface area contributed by atoms with Crippen molar-refractivity contribution in [2.45, 2.75) is 32.7 Å². The van der Waals surface area contributed by atoms with Crippen LogP contribution in [0.15, 0.2) is 54.6 Å². The van der Waals surface area contributed by atoms with Crippen molar-refractivity contribution in [1.29, 1.82) is 0 Å². The molecular weight excluding hydrogens is 322 g/mol. The Bertz CT molecular complexity index is 691. The van der Waals surface area contributed by atoms with E-state index in [0.717, 1.165) is 24.7 Å². The fourth-order valence-corrected chi connectivity index (χ4v) is 3.33. The van der Waals surface area contributed by atoms with Crippen LogP contribution in [0.5, 0.6) is 0 Å². The molecule has 4 nitrogen and oxygen atoms in total. The van der Waals surface area contributed by atoms with Crippen LogP contribution in [-0.2, 0) is 4.79 Å². The van der Waals surface area contributed by atoms with Gasteiger partial charge in [-0.3, -0.25) is 4.79 Å². The third-order valence-corrected chi connectivity index (χ3v) is 5.17. The maximum absolute atomic E-state index is 12.2. The van der Waals surface area contributed by atoms with Crippen molar-refractivity contribution in [1.82, 2.24) is 5.32 Å². The normalized spacial score (nSPS) is 16.3. The standard InChI is InChI=1S/C22H29N3O/c1-17-12-14-25(15-13-17)21-10-8-20(9-11-21)24-22(26)16-23-18(2)19-6-4-3-5-7-19/h3-11,17-18,23H,12-16H2,1-2H3,(H,24,26)/t18-/m1/s1. The van der Waals surface area contributed by atoms with Crippen LogP contribution in [0, 0.1) is 5.92 Å². The lowest BCUT2D eigenvalue weighted by molar-refractivity contribution is -0.115. The van der Waals surface area contributed by atoms with Gasteiger partial charge >= 0.3 is 0 Å². The number of benzene rings is 2. The van der Waals surface area contributed by atoms with Crippen LogP contribution >= 0.6 is 0 Å². The first-order valence-corrected chi connectivity index (χ1v) is 9.55. The van der Waals surface area contributed by atoms with Crippen molar-refractivity contribution in [3.05, 3.63) is 60.2 Å². The second-order valence-electron chi connectivity index (χ2n) is 7.28. The van der Waals surface area contributed by atoms with E-state index in [1.807, 2.05) is 30.3 Å². The molecule has 138 valence electrons. The van der Waals surface area contributed by atoms with Gasteiger partial charge in [-0.25, -0.2) is 0 Å². The number of nitrogens with one attached hydrogen (secondary N) is 2. The summed E-state index contributed by atoms with van der Waals surface area (Å²) in [4.78, 5) is 14.6. The van der Waals surface area contributed by atoms with Gasteiger partial charge in [0.2, 0.25) is 5.91 Å². The van der Waals surface area contributed by atoms with E-state index in [1.165, 1.54) is 24.1 Å². The molecule has 0 unspecified atom stereocenters. The van der Waals surface area contributed by atoms with Gasteiger partial charge in [0.25, 0.3) is 0 Å². The molecule has 0 spiro atoms. The number of nitrogens with zero attached hydrogens (tertiary/aromatic N) is 1. The molecule has 0 bridgehead atoms. The summed E-state index contributed by atoms with van der Waals surface area (Å²) in [5, 5.41) is 6.23. The zero-order valence-electron chi connectivity index (χ0n) is 15.7. The van der Waals surface area contributed by atoms with Gasteiger partial charge in [0.1, 0.15) is 0 Å². The molecule has 4 heteroatoms. The summed E-state index contributed by atoms with van der Waals surface area (Å²) >= 11 is 0. The van der Waals surface area contributed by atoms with E-state index in [0.29, 0.717) is 6.54 Å². The molecule has 1 aliphatic rings. The molecule has 0 saturated carbocycles. The summed E-state index contributed by atoms with van der Waals surface area (Å²) in [5.74, 6) is 0.808. The zero-order valence-corrected chi connectivity index (χ0v) is 15.7. The summed E-state index contributed by atoms with van der Waals surface area (Å²) in [6.45, 7) is 6.92. The quantitative estimate of drug-likeness (QED) is 0.819. The molecule has 1 amide bonds. The number of anilines is 2. The Morgan fingerprint density at radius 3 is 2.38 bits per heavy atom. The van der Waals surface area contributed by atoms with Gasteiger partial charge < -0.3 is 15.5 Å². The minimum atomic E-state index is -0.0210. The Labute approximate surface area is 156 Å². The first kappa shape index (κ1) is 18.5. The molecule has 0 aliphatic carbocycles. The van der Waals surface area contributed by atoms with E-state index in [1.54, 1.807) is 0 Å². The second-order valence-corrected chi connectivity index (χ2v) is 7.28. The Kier molecular flexibility index (Phi) is 6.29. The predicted molar refractivity (Wildman–Crippen MR) is 109 cm³/mol. The molecule has 0 aromatic heterocycles. The summed E-state index contributed by atoms with van der Waals surface area (Å²) < 4.78 is 0. The SMILES string of the molecule is CC1CCN(c2ccc(NC(=O)CN[C@H](C)c3ccccc3)cc2)CC1. The number of rotatable bonds is 6. The van der Waals surface area contributed by atoms with Crippen molar-refractivity contribution < 1.29 is 4.79 Å². The molecule has 3 rings (SSSR count). The Balaban J connectivity index is 1.47. The van der Waals surface area contributed by atoms with Crippen LogP contribution in [-0.4, -0.2) is 25.5 Å². The lowest BCUT2D eigenvalue weighted by atomic mass is 9.99. The minimum Gasteiger partial charge on any atom is -0.372 e. The van der Waals surface area contributed by atoms with E-state index in [-0.39, 0.29) is 11.9 Å². The van der Waals surface area contributed by atoms with Gasteiger partial charge in [-0.1, -0.05) is 37.3 Å². The Hall–Kier alpha value is -2.33. The van der Waals surface area contributed by atoms with Crippen LogP contribution in [0.3, 0.4) is 0 Å². The molecule has 2 aromatic carbocycles. The van der Waals surface area contributed by atoms with Crippen molar-refractivity contribution >= 4 is 17.3 Å². The molecule has 1 heterocycles. The number of carbonyl (C=O) groups excluding carboxylic acids is 1. The van der Waals surface area contributed by atoms with Gasteiger partial charge in [-0.15, -0.1) is 0 Å². The molecule has 2 aromatic rings. The van der Waals surface area contributed by atoms with Gasteiger partial charge in [-0.2, -0.15) is 0 Å². The highest BCUT2D eigenvalue weighted by Crippen LogP contribution is 2.24. The van der Waals surface area contributed by atoms with E-state index in [4.69, 9.17) is 0 Å². The highest BCUT2D eigenvalue weighted by Gasteiger charge is 2.16. The van der Waals surface area contributed by atoms with Crippen molar-refractivity contribution in [2.24, 2.45) is 5.92 Å². The molecule has 1 aliphatic heterocycles. The Morgan fingerprint density at radius 1 is 1.08 bits per heavy atom.